The molecule has 0 fully saturated rings. The van der Waals surface area contributed by atoms with Crippen molar-refractivity contribution in [1.82, 2.24) is 16.0 Å². The number of ketones is 1. The number of halogens is 1. The van der Waals surface area contributed by atoms with Crippen molar-refractivity contribution in [1.29, 1.82) is 0 Å². The van der Waals surface area contributed by atoms with Gasteiger partial charge >= 0.3 is 5.97 Å². The Labute approximate surface area is 222 Å². The predicted octanol–water partition coefficient (Wildman–Crippen LogP) is 1.72. The van der Waals surface area contributed by atoms with Gasteiger partial charge < -0.3 is 25.6 Å². The van der Waals surface area contributed by atoms with Gasteiger partial charge in [-0.15, -0.1) is 0 Å². The van der Waals surface area contributed by atoms with E-state index in [1.807, 2.05) is 20.8 Å². The number of rotatable bonds is 15. The van der Waals surface area contributed by atoms with Gasteiger partial charge in [0.25, 0.3) is 0 Å². The zero-order chi connectivity index (χ0) is 28.4. The molecule has 1 aromatic carbocycles. The van der Waals surface area contributed by atoms with E-state index >= 15 is 0 Å². The smallest absolute Gasteiger partial charge is 0.320 e. The van der Waals surface area contributed by atoms with Crippen LogP contribution in [0.3, 0.4) is 0 Å². The summed E-state index contributed by atoms with van der Waals surface area (Å²) in [5.74, 6) is -2.24. The number of amides is 2. The molecular formula is C26H38ClN3O7. The minimum absolute atomic E-state index is 0.0908. The van der Waals surface area contributed by atoms with E-state index in [4.69, 9.17) is 16.3 Å². The number of carbonyl (C=O) groups is 4. The zero-order valence-corrected chi connectivity index (χ0v) is 22.8. The summed E-state index contributed by atoms with van der Waals surface area (Å²) in [5.41, 5.74) is -1.02. The summed E-state index contributed by atoms with van der Waals surface area (Å²) in [5, 5.41) is 27.7. The highest BCUT2D eigenvalue weighted by molar-refractivity contribution is 6.32. The standard InChI is InChI=1S/C26H38ClN3O7/c1-7-22(33)30-18(11-16-8-9-20(37-6)17(27)10-16)23(34)29-14-26(5,15-31)21(32)13-28-19(24(35)36)12-25(2,3)4/h7-10,18-19,28,31H,1,11-15H2,2-6H3,(H,29,34)(H,30,33)(H,35,36)/t18-,19+,26?/m1/s1. The van der Waals surface area contributed by atoms with Crippen LogP contribution in [0.1, 0.15) is 39.7 Å². The Bertz CT molecular complexity index is 993. The number of nitrogens with one attached hydrogen (secondary N) is 3. The Morgan fingerprint density at radius 3 is 2.30 bits per heavy atom. The summed E-state index contributed by atoms with van der Waals surface area (Å²) in [6.07, 6.45) is 1.42. The molecule has 0 aliphatic heterocycles. The molecule has 0 aliphatic rings. The Hall–Kier alpha value is -2.95. The average molecular weight is 540 g/mol. The summed E-state index contributed by atoms with van der Waals surface area (Å²) < 4.78 is 5.13. The van der Waals surface area contributed by atoms with Crippen molar-refractivity contribution in [3.05, 3.63) is 41.4 Å². The normalized spacial score (nSPS) is 14.6. The van der Waals surface area contributed by atoms with Crippen molar-refractivity contribution in [3.8, 4) is 5.75 Å². The third kappa shape index (κ3) is 10.5. The number of hydrogen-bond acceptors (Lipinski definition) is 7. The van der Waals surface area contributed by atoms with E-state index in [-0.39, 0.29) is 24.9 Å². The number of methoxy groups -OCH3 is 1. The summed E-state index contributed by atoms with van der Waals surface area (Å²) in [4.78, 5) is 49.4. The Kier molecular flexibility index (Phi) is 12.2. The highest BCUT2D eigenvalue weighted by atomic mass is 35.5. The van der Waals surface area contributed by atoms with Crippen molar-refractivity contribution in [2.45, 2.75) is 52.6 Å². The molecule has 0 saturated carbocycles. The number of carboxylic acids is 1. The Morgan fingerprint density at radius 1 is 1.16 bits per heavy atom. The number of aliphatic hydroxyl groups excluding tert-OH is 1. The fraction of sp³-hybridized carbons (Fsp3) is 0.538. The maximum absolute atomic E-state index is 13.0. The van der Waals surface area contributed by atoms with Gasteiger partial charge in [-0.1, -0.05) is 45.0 Å². The summed E-state index contributed by atoms with van der Waals surface area (Å²) in [6.45, 7) is 9.42. The van der Waals surface area contributed by atoms with Crippen molar-refractivity contribution in [2.75, 3.05) is 26.8 Å². The van der Waals surface area contributed by atoms with Gasteiger partial charge in [-0.05, 0) is 42.5 Å². The van der Waals surface area contributed by atoms with Crippen molar-refractivity contribution in [3.63, 3.8) is 0 Å². The number of Topliss-reactive ketones (excluding diaryl/α,β-unsaturated/α-hetero) is 1. The molecule has 0 aliphatic carbocycles. The minimum atomic E-state index is -1.39. The molecule has 0 radical (unpaired) electrons. The van der Waals surface area contributed by atoms with Gasteiger partial charge in [0.15, 0.2) is 5.78 Å². The van der Waals surface area contributed by atoms with E-state index in [9.17, 15) is 29.4 Å². The molecule has 2 amide bonds. The largest absolute Gasteiger partial charge is 0.495 e. The molecule has 1 rings (SSSR count). The van der Waals surface area contributed by atoms with Gasteiger partial charge in [0, 0.05) is 13.0 Å². The van der Waals surface area contributed by atoms with Crippen molar-refractivity contribution < 1.29 is 34.1 Å². The van der Waals surface area contributed by atoms with Crippen LogP contribution < -0.4 is 20.7 Å². The van der Waals surface area contributed by atoms with E-state index < -0.39 is 47.7 Å². The molecule has 37 heavy (non-hydrogen) atoms. The van der Waals surface area contributed by atoms with Gasteiger partial charge in [0.2, 0.25) is 11.8 Å². The van der Waals surface area contributed by atoms with Crippen molar-refractivity contribution in [2.24, 2.45) is 10.8 Å². The molecule has 1 aromatic rings. The molecule has 0 heterocycles. The first kappa shape index (κ1) is 32.1. The molecule has 0 saturated heterocycles. The van der Waals surface area contributed by atoms with Crippen LogP contribution in [-0.2, 0) is 25.6 Å². The Balaban J connectivity index is 2.93. The molecule has 0 spiro atoms. The zero-order valence-electron chi connectivity index (χ0n) is 22.0. The molecule has 10 nitrogen and oxygen atoms in total. The molecule has 1 unspecified atom stereocenters. The predicted molar refractivity (Wildman–Crippen MR) is 141 cm³/mol. The lowest BCUT2D eigenvalue weighted by atomic mass is 9.85. The average Bonchev–Trinajstić information content (AvgIpc) is 2.83. The highest BCUT2D eigenvalue weighted by Gasteiger charge is 2.35. The minimum Gasteiger partial charge on any atom is -0.495 e. The topological polar surface area (TPSA) is 154 Å². The maximum atomic E-state index is 13.0. The van der Waals surface area contributed by atoms with Gasteiger partial charge in [-0.25, -0.2) is 0 Å². The SMILES string of the molecule is C=CC(=O)N[C@H](Cc1ccc(OC)c(Cl)c1)C(=O)NCC(C)(CO)C(=O)CN[C@@H](CC(C)(C)C)C(=O)O. The molecule has 5 N–H and O–H groups in total. The fourth-order valence-electron chi connectivity index (χ4n) is 3.45. The lowest BCUT2D eigenvalue weighted by molar-refractivity contribution is -0.140. The first-order valence-electron chi connectivity index (χ1n) is 11.8. The fourth-order valence-corrected chi connectivity index (χ4v) is 3.73. The highest BCUT2D eigenvalue weighted by Crippen LogP contribution is 2.26. The number of ether oxygens (including phenoxy) is 1. The van der Waals surface area contributed by atoms with Crippen LogP contribution in [0.4, 0.5) is 0 Å². The maximum Gasteiger partial charge on any atom is 0.320 e. The molecule has 0 bridgehead atoms. The van der Waals surface area contributed by atoms with Crippen LogP contribution in [0, 0.1) is 10.8 Å². The first-order valence-corrected chi connectivity index (χ1v) is 12.2. The number of hydrogen-bond donors (Lipinski definition) is 5. The lowest BCUT2D eigenvalue weighted by Crippen LogP contribution is -2.53. The number of benzene rings is 1. The third-order valence-electron chi connectivity index (χ3n) is 5.77. The molecule has 206 valence electrons. The molecular weight excluding hydrogens is 502 g/mol. The van der Waals surface area contributed by atoms with E-state index in [2.05, 4.69) is 22.5 Å². The van der Waals surface area contributed by atoms with E-state index in [1.165, 1.54) is 14.0 Å². The second-order valence-corrected chi connectivity index (χ2v) is 10.7. The van der Waals surface area contributed by atoms with Crippen LogP contribution in [0.15, 0.2) is 30.9 Å². The molecule has 11 heteroatoms. The van der Waals surface area contributed by atoms with Gasteiger partial charge in [-0.2, -0.15) is 0 Å². The Morgan fingerprint density at radius 2 is 1.81 bits per heavy atom. The van der Waals surface area contributed by atoms with Gasteiger partial charge in [0.1, 0.15) is 17.8 Å². The van der Waals surface area contributed by atoms with E-state index in [1.54, 1.807) is 18.2 Å². The second kappa shape index (κ2) is 14.1. The van der Waals surface area contributed by atoms with E-state index in [0.29, 0.717) is 22.8 Å². The van der Waals surface area contributed by atoms with Gasteiger partial charge in [-0.3, -0.25) is 24.5 Å². The van der Waals surface area contributed by atoms with Crippen LogP contribution in [0.25, 0.3) is 0 Å². The summed E-state index contributed by atoms with van der Waals surface area (Å²) in [7, 11) is 1.48. The summed E-state index contributed by atoms with van der Waals surface area (Å²) >= 11 is 6.17. The number of aliphatic hydroxyl groups is 1. The third-order valence-corrected chi connectivity index (χ3v) is 6.07. The van der Waals surface area contributed by atoms with Crippen LogP contribution in [0.5, 0.6) is 5.75 Å². The van der Waals surface area contributed by atoms with Crippen LogP contribution in [-0.4, -0.2) is 72.7 Å². The monoisotopic (exact) mass is 539 g/mol. The number of aliphatic carboxylic acids is 1. The van der Waals surface area contributed by atoms with Crippen molar-refractivity contribution >= 4 is 35.2 Å². The number of carboxylic acid groups (broad SMARTS) is 1. The van der Waals surface area contributed by atoms with E-state index in [0.717, 1.165) is 6.08 Å². The quantitative estimate of drug-likeness (QED) is 0.211. The molecule has 0 aromatic heterocycles. The molecule has 3 atom stereocenters. The first-order chi connectivity index (χ1) is 17.2. The van der Waals surface area contributed by atoms with Gasteiger partial charge in [0.05, 0.1) is 30.7 Å². The number of carbonyl (C=O) groups excluding carboxylic acids is 3. The summed E-state index contributed by atoms with van der Waals surface area (Å²) in [6, 6.07) is 2.99. The lowest BCUT2D eigenvalue weighted by Gasteiger charge is -2.29. The van der Waals surface area contributed by atoms with Crippen LogP contribution >= 0.6 is 11.6 Å². The second-order valence-electron chi connectivity index (χ2n) is 10.3. The van der Waals surface area contributed by atoms with Crippen LogP contribution in [0.2, 0.25) is 5.02 Å².